The Kier molecular flexibility index (Phi) is 3.39. The summed E-state index contributed by atoms with van der Waals surface area (Å²) in [6.07, 6.45) is -4.02. The summed E-state index contributed by atoms with van der Waals surface area (Å²) in [5, 5.41) is 0.00386. The third-order valence-corrected chi connectivity index (χ3v) is 2.25. The van der Waals surface area contributed by atoms with Crippen molar-refractivity contribution in [3.63, 3.8) is 0 Å². The molecule has 0 bridgehead atoms. The molecule has 1 atom stereocenters. The van der Waals surface area contributed by atoms with E-state index in [1.807, 2.05) is 0 Å². The number of halogens is 4. The number of rotatable bonds is 2. The standard InChI is InChI=1S/C10H8ClF3O/c1-6(5-15)8-3-2-7(11)4-9(8)10(12,13)14/h2-6H,1H3. The third kappa shape index (κ3) is 2.72. The van der Waals surface area contributed by atoms with Crippen LogP contribution < -0.4 is 0 Å². The molecule has 0 fully saturated rings. The molecule has 1 aromatic rings. The summed E-state index contributed by atoms with van der Waals surface area (Å²) in [4.78, 5) is 10.5. The molecule has 1 nitrogen and oxygen atoms in total. The van der Waals surface area contributed by atoms with Gasteiger partial charge >= 0.3 is 6.18 Å². The molecule has 5 heteroatoms. The highest BCUT2D eigenvalue weighted by molar-refractivity contribution is 6.30. The number of hydrogen-bond donors (Lipinski definition) is 0. The van der Waals surface area contributed by atoms with Gasteiger partial charge in [0.2, 0.25) is 0 Å². The molecule has 0 N–H and O–H groups in total. The molecule has 15 heavy (non-hydrogen) atoms. The molecule has 0 aliphatic heterocycles. The molecule has 0 heterocycles. The second-order valence-corrected chi connectivity index (χ2v) is 3.59. The molecule has 0 aromatic heterocycles. The van der Waals surface area contributed by atoms with Crippen LogP contribution in [0, 0.1) is 0 Å². The smallest absolute Gasteiger partial charge is 0.303 e. The molecule has 0 amide bonds. The minimum atomic E-state index is -4.49. The minimum Gasteiger partial charge on any atom is -0.303 e. The van der Waals surface area contributed by atoms with Crippen molar-refractivity contribution in [3.05, 3.63) is 34.3 Å². The first-order valence-corrected chi connectivity index (χ1v) is 4.56. The zero-order valence-corrected chi connectivity index (χ0v) is 8.56. The Morgan fingerprint density at radius 2 is 2.00 bits per heavy atom. The fraction of sp³-hybridized carbons (Fsp3) is 0.300. The second-order valence-electron chi connectivity index (χ2n) is 3.15. The van der Waals surface area contributed by atoms with Gasteiger partial charge in [-0.05, 0) is 17.7 Å². The maximum atomic E-state index is 12.6. The van der Waals surface area contributed by atoms with Crippen molar-refractivity contribution in [1.82, 2.24) is 0 Å². The SMILES string of the molecule is CC(C=O)c1ccc(Cl)cc1C(F)(F)F. The van der Waals surface area contributed by atoms with Gasteiger partial charge in [0.15, 0.2) is 0 Å². The van der Waals surface area contributed by atoms with Crippen LogP contribution in [0.1, 0.15) is 24.0 Å². The van der Waals surface area contributed by atoms with Crippen molar-refractivity contribution in [1.29, 1.82) is 0 Å². The van der Waals surface area contributed by atoms with Crippen LogP contribution >= 0.6 is 11.6 Å². The molecule has 0 radical (unpaired) electrons. The van der Waals surface area contributed by atoms with E-state index in [1.165, 1.54) is 19.1 Å². The van der Waals surface area contributed by atoms with E-state index in [0.717, 1.165) is 6.07 Å². The van der Waals surface area contributed by atoms with Gasteiger partial charge in [-0.15, -0.1) is 0 Å². The number of hydrogen-bond acceptors (Lipinski definition) is 1. The number of carbonyl (C=O) groups excluding carboxylic acids is 1. The highest BCUT2D eigenvalue weighted by Gasteiger charge is 2.34. The normalized spacial score (nSPS) is 13.7. The molecular weight excluding hydrogens is 229 g/mol. The average molecular weight is 237 g/mol. The van der Waals surface area contributed by atoms with Crippen LogP contribution in [-0.4, -0.2) is 6.29 Å². The second kappa shape index (κ2) is 4.23. The van der Waals surface area contributed by atoms with Gasteiger partial charge in [-0.2, -0.15) is 13.2 Å². The summed E-state index contributed by atoms with van der Waals surface area (Å²) in [6, 6.07) is 3.40. The van der Waals surface area contributed by atoms with Crippen LogP contribution in [0.4, 0.5) is 13.2 Å². The fourth-order valence-corrected chi connectivity index (χ4v) is 1.42. The first kappa shape index (κ1) is 12.0. The lowest BCUT2D eigenvalue weighted by molar-refractivity contribution is -0.138. The van der Waals surface area contributed by atoms with Crippen molar-refractivity contribution < 1.29 is 18.0 Å². The maximum absolute atomic E-state index is 12.6. The van der Waals surface area contributed by atoms with Gasteiger partial charge in [0.05, 0.1) is 5.56 Å². The Balaban J connectivity index is 3.33. The molecule has 0 saturated heterocycles. The lowest BCUT2D eigenvalue weighted by Crippen LogP contribution is -2.11. The summed E-state index contributed by atoms with van der Waals surface area (Å²) >= 11 is 5.48. The quantitative estimate of drug-likeness (QED) is 0.716. The summed E-state index contributed by atoms with van der Waals surface area (Å²) in [6.45, 7) is 1.41. The molecule has 0 aliphatic rings. The van der Waals surface area contributed by atoms with Crippen molar-refractivity contribution in [2.75, 3.05) is 0 Å². The largest absolute Gasteiger partial charge is 0.416 e. The first-order chi connectivity index (χ1) is 6.86. The Morgan fingerprint density at radius 3 is 2.47 bits per heavy atom. The molecule has 1 unspecified atom stereocenters. The van der Waals surface area contributed by atoms with Crippen LogP contribution in [0.3, 0.4) is 0 Å². The van der Waals surface area contributed by atoms with Gasteiger partial charge in [-0.1, -0.05) is 24.6 Å². The molecule has 0 saturated carbocycles. The zero-order chi connectivity index (χ0) is 11.6. The summed E-state index contributed by atoms with van der Waals surface area (Å²) in [5.74, 6) is -0.793. The van der Waals surface area contributed by atoms with Gasteiger partial charge in [-0.3, -0.25) is 0 Å². The molecular formula is C10H8ClF3O. The summed E-state index contributed by atoms with van der Waals surface area (Å²) < 4.78 is 37.7. The maximum Gasteiger partial charge on any atom is 0.416 e. The van der Waals surface area contributed by atoms with E-state index in [0.29, 0.717) is 6.29 Å². The third-order valence-electron chi connectivity index (χ3n) is 2.02. The molecule has 0 aliphatic carbocycles. The topological polar surface area (TPSA) is 17.1 Å². The molecule has 1 aromatic carbocycles. The van der Waals surface area contributed by atoms with Gasteiger partial charge in [0.25, 0.3) is 0 Å². The fourth-order valence-electron chi connectivity index (χ4n) is 1.24. The number of aldehydes is 1. The molecule has 82 valence electrons. The van der Waals surface area contributed by atoms with Crippen molar-refractivity contribution in [2.45, 2.75) is 19.0 Å². The van der Waals surface area contributed by atoms with E-state index in [4.69, 9.17) is 11.6 Å². The van der Waals surface area contributed by atoms with Crippen LogP contribution in [-0.2, 0) is 11.0 Å². The Labute approximate surface area is 89.9 Å². The van der Waals surface area contributed by atoms with E-state index in [2.05, 4.69) is 0 Å². The number of benzene rings is 1. The van der Waals surface area contributed by atoms with E-state index in [1.54, 1.807) is 0 Å². The monoisotopic (exact) mass is 236 g/mol. The zero-order valence-electron chi connectivity index (χ0n) is 7.81. The van der Waals surface area contributed by atoms with Crippen LogP contribution in [0.25, 0.3) is 0 Å². The highest BCUT2D eigenvalue weighted by Crippen LogP contribution is 2.36. The lowest BCUT2D eigenvalue weighted by atomic mass is 9.96. The van der Waals surface area contributed by atoms with Gasteiger partial charge in [0.1, 0.15) is 6.29 Å². The predicted molar refractivity (Wildman–Crippen MR) is 50.9 cm³/mol. The van der Waals surface area contributed by atoms with E-state index in [-0.39, 0.29) is 10.6 Å². The van der Waals surface area contributed by atoms with Crippen molar-refractivity contribution >= 4 is 17.9 Å². The van der Waals surface area contributed by atoms with Gasteiger partial charge in [-0.25, -0.2) is 0 Å². The van der Waals surface area contributed by atoms with Crippen LogP contribution in [0.5, 0.6) is 0 Å². The molecule has 0 spiro atoms. The first-order valence-electron chi connectivity index (χ1n) is 4.18. The Morgan fingerprint density at radius 1 is 1.40 bits per heavy atom. The molecule has 1 rings (SSSR count). The summed E-state index contributed by atoms with van der Waals surface area (Å²) in [7, 11) is 0. The number of carbonyl (C=O) groups is 1. The van der Waals surface area contributed by atoms with Crippen LogP contribution in [0.2, 0.25) is 5.02 Å². The van der Waals surface area contributed by atoms with E-state index < -0.39 is 17.7 Å². The Bertz CT molecular complexity index is 373. The summed E-state index contributed by atoms with van der Waals surface area (Å²) in [5.41, 5.74) is -0.906. The van der Waals surface area contributed by atoms with Crippen LogP contribution in [0.15, 0.2) is 18.2 Å². The average Bonchev–Trinajstić information content (AvgIpc) is 2.15. The van der Waals surface area contributed by atoms with E-state index in [9.17, 15) is 18.0 Å². The van der Waals surface area contributed by atoms with Crippen molar-refractivity contribution in [3.8, 4) is 0 Å². The Hall–Kier alpha value is -1.03. The van der Waals surface area contributed by atoms with Crippen molar-refractivity contribution in [2.24, 2.45) is 0 Å². The lowest BCUT2D eigenvalue weighted by Gasteiger charge is -2.14. The van der Waals surface area contributed by atoms with Gasteiger partial charge < -0.3 is 4.79 Å². The van der Waals surface area contributed by atoms with E-state index >= 15 is 0 Å². The van der Waals surface area contributed by atoms with Gasteiger partial charge in [0, 0.05) is 10.9 Å². The highest BCUT2D eigenvalue weighted by atomic mass is 35.5. The predicted octanol–water partition coefficient (Wildman–Crippen LogP) is 3.66. The minimum absolute atomic E-state index is 0.00386. The number of alkyl halides is 3.